The minimum Gasteiger partial charge on any atom is -0.344 e. The van der Waals surface area contributed by atoms with Gasteiger partial charge in [0.25, 0.3) is 0 Å². The highest BCUT2D eigenvalue weighted by atomic mass is 15.1. The van der Waals surface area contributed by atoms with Crippen LogP contribution in [0.15, 0.2) is 140 Å². The Morgan fingerprint density at radius 3 is 1.95 bits per heavy atom. The van der Waals surface area contributed by atoms with Crippen LogP contribution >= 0.6 is 0 Å². The highest BCUT2D eigenvalue weighted by molar-refractivity contribution is 6.10. The van der Waals surface area contributed by atoms with Gasteiger partial charge in [-0.1, -0.05) is 105 Å². The van der Waals surface area contributed by atoms with Crippen molar-refractivity contribution in [2.45, 2.75) is 19.3 Å². The van der Waals surface area contributed by atoms with Crippen LogP contribution in [0, 0.1) is 0 Å². The van der Waals surface area contributed by atoms with E-state index in [0.29, 0.717) is 0 Å². The normalized spacial score (nSPS) is 13.3. The molecule has 0 saturated heterocycles. The van der Waals surface area contributed by atoms with E-state index < -0.39 is 0 Å². The third-order valence-corrected chi connectivity index (χ3v) is 9.20. The van der Waals surface area contributed by atoms with Crippen LogP contribution in [0.2, 0.25) is 0 Å². The summed E-state index contributed by atoms with van der Waals surface area (Å²) in [6.07, 6.45) is 0. The van der Waals surface area contributed by atoms with E-state index in [1.54, 1.807) is 0 Å². The fraction of sp³-hybridized carbons (Fsp3) is 0.100. The molecule has 0 atom stereocenters. The van der Waals surface area contributed by atoms with Gasteiger partial charge in [0.2, 0.25) is 0 Å². The van der Waals surface area contributed by atoms with E-state index in [1.165, 1.54) is 60.9 Å². The van der Waals surface area contributed by atoms with E-state index in [2.05, 4.69) is 170 Å². The first-order chi connectivity index (χ1) is 20.5. The summed E-state index contributed by atoms with van der Waals surface area (Å²) in [7, 11) is 2.18. The number of aryl methyl sites for hydroxylation is 1. The molecule has 0 radical (unpaired) electrons. The lowest BCUT2D eigenvalue weighted by molar-refractivity contribution is 0.660. The number of para-hydroxylation sites is 1. The summed E-state index contributed by atoms with van der Waals surface area (Å²) in [4.78, 5) is 2.39. The summed E-state index contributed by atoms with van der Waals surface area (Å²) < 4.78 is 2.33. The summed E-state index contributed by atoms with van der Waals surface area (Å²) in [5, 5.41) is 2.55. The average Bonchev–Trinajstić information content (AvgIpc) is 3.45. The molecule has 1 heterocycles. The lowest BCUT2D eigenvalue weighted by atomic mass is 9.82. The van der Waals surface area contributed by atoms with Crippen LogP contribution in [0.4, 0.5) is 17.1 Å². The zero-order valence-corrected chi connectivity index (χ0v) is 24.2. The van der Waals surface area contributed by atoms with Gasteiger partial charge in [-0.3, -0.25) is 0 Å². The Labute approximate surface area is 247 Å². The molecule has 0 amide bonds. The first kappa shape index (κ1) is 24.7. The Balaban J connectivity index is 1.30. The Morgan fingerprint density at radius 1 is 0.476 bits per heavy atom. The van der Waals surface area contributed by atoms with Crippen LogP contribution in [0.5, 0.6) is 0 Å². The standard InChI is InChI=1S/C40H32N2/c1-40(2)36-17-11-10-16-32(36)33-21-19-30(25-37(33)40)42(29-14-8-5-9-15-29)31-20-22-34-35-24-28(27-12-6-4-7-13-27)18-23-38(35)41(3)39(34)26-31/h4-26H,1-3H3. The molecular weight excluding hydrogens is 508 g/mol. The van der Waals surface area contributed by atoms with Crippen molar-refractivity contribution >= 4 is 38.9 Å². The number of fused-ring (bicyclic) bond motifs is 6. The highest BCUT2D eigenvalue weighted by Gasteiger charge is 2.35. The second-order valence-electron chi connectivity index (χ2n) is 11.9. The van der Waals surface area contributed by atoms with Crippen LogP contribution in [-0.2, 0) is 12.5 Å². The molecule has 0 spiro atoms. The third-order valence-electron chi connectivity index (χ3n) is 9.20. The molecule has 8 rings (SSSR count). The molecular formula is C40H32N2. The Bertz CT molecular complexity index is 2120. The summed E-state index contributed by atoms with van der Waals surface area (Å²) >= 11 is 0. The van der Waals surface area contributed by atoms with E-state index in [9.17, 15) is 0 Å². The van der Waals surface area contributed by atoms with Gasteiger partial charge in [0.15, 0.2) is 0 Å². The summed E-state index contributed by atoms with van der Waals surface area (Å²) in [5.41, 5.74) is 13.8. The molecule has 1 aliphatic rings. The molecule has 1 aromatic heterocycles. The molecule has 42 heavy (non-hydrogen) atoms. The molecule has 0 aliphatic heterocycles. The number of hydrogen-bond acceptors (Lipinski definition) is 1. The van der Waals surface area contributed by atoms with Crippen LogP contribution in [0.3, 0.4) is 0 Å². The molecule has 2 nitrogen and oxygen atoms in total. The van der Waals surface area contributed by atoms with Gasteiger partial charge in [-0.15, -0.1) is 0 Å². The van der Waals surface area contributed by atoms with Gasteiger partial charge >= 0.3 is 0 Å². The molecule has 0 fully saturated rings. The first-order valence-electron chi connectivity index (χ1n) is 14.7. The lowest BCUT2D eigenvalue weighted by Gasteiger charge is -2.28. The van der Waals surface area contributed by atoms with Gasteiger partial charge in [0.05, 0.1) is 5.52 Å². The zero-order valence-electron chi connectivity index (χ0n) is 24.2. The van der Waals surface area contributed by atoms with Crippen LogP contribution in [0.25, 0.3) is 44.1 Å². The fourth-order valence-corrected chi connectivity index (χ4v) is 7.00. The summed E-state index contributed by atoms with van der Waals surface area (Å²) in [6, 6.07) is 50.9. The van der Waals surface area contributed by atoms with Gasteiger partial charge < -0.3 is 9.47 Å². The smallest absolute Gasteiger partial charge is 0.0509 e. The molecule has 1 aliphatic carbocycles. The van der Waals surface area contributed by atoms with Gasteiger partial charge in [0.1, 0.15) is 0 Å². The number of anilines is 3. The molecule has 7 aromatic rings. The molecule has 6 aromatic carbocycles. The minimum atomic E-state index is -0.0550. The molecule has 2 heteroatoms. The number of rotatable bonds is 4. The summed E-state index contributed by atoms with van der Waals surface area (Å²) in [6.45, 7) is 4.69. The maximum absolute atomic E-state index is 2.40. The van der Waals surface area contributed by atoms with E-state index in [0.717, 1.165) is 11.4 Å². The van der Waals surface area contributed by atoms with E-state index in [1.807, 2.05) is 0 Å². The number of aromatic nitrogens is 1. The SMILES string of the molecule is Cn1c2ccc(-c3ccccc3)cc2c2ccc(N(c3ccccc3)c3ccc4c(c3)C(C)(C)c3ccccc3-4)cc21. The maximum Gasteiger partial charge on any atom is 0.0509 e. The monoisotopic (exact) mass is 540 g/mol. The largest absolute Gasteiger partial charge is 0.344 e. The predicted molar refractivity (Wildman–Crippen MR) is 178 cm³/mol. The van der Waals surface area contributed by atoms with Gasteiger partial charge in [-0.25, -0.2) is 0 Å². The minimum absolute atomic E-state index is 0.0550. The van der Waals surface area contributed by atoms with Gasteiger partial charge in [-0.05, 0) is 81.9 Å². The highest BCUT2D eigenvalue weighted by Crippen LogP contribution is 2.50. The van der Waals surface area contributed by atoms with Crippen molar-refractivity contribution in [2.75, 3.05) is 4.90 Å². The second-order valence-corrected chi connectivity index (χ2v) is 11.9. The Kier molecular flexibility index (Phi) is 5.42. The van der Waals surface area contributed by atoms with Crippen molar-refractivity contribution < 1.29 is 0 Å². The maximum atomic E-state index is 2.40. The molecule has 0 bridgehead atoms. The lowest BCUT2D eigenvalue weighted by Crippen LogP contribution is -2.16. The van der Waals surface area contributed by atoms with Crippen molar-refractivity contribution in [1.82, 2.24) is 4.57 Å². The van der Waals surface area contributed by atoms with Crippen molar-refractivity contribution in [1.29, 1.82) is 0 Å². The zero-order chi connectivity index (χ0) is 28.4. The first-order valence-corrected chi connectivity index (χ1v) is 14.7. The van der Waals surface area contributed by atoms with Crippen molar-refractivity contribution in [3.05, 3.63) is 151 Å². The van der Waals surface area contributed by atoms with Crippen LogP contribution in [0.1, 0.15) is 25.0 Å². The molecule has 0 unspecified atom stereocenters. The van der Waals surface area contributed by atoms with Crippen LogP contribution < -0.4 is 4.90 Å². The molecule has 202 valence electrons. The quantitative estimate of drug-likeness (QED) is 0.216. The van der Waals surface area contributed by atoms with Crippen molar-refractivity contribution in [3.8, 4) is 22.3 Å². The van der Waals surface area contributed by atoms with E-state index >= 15 is 0 Å². The fourth-order valence-electron chi connectivity index (χ4n) is 7.00. The molecule has 0 N–H and O–H groups in total. The predicted octanol–water partition coefficient (Wildman–Crippen LogP) is 10.8. The Hall–Kier alpha value is -5.08. The van der Waals surface area contributed by atoms with Gasteiger partial charge in [-0.2, -0.15) is 0 Å². The van der Waals surface area contributed by atoms with Crippen LogP contribution in [-0.4, -0.2) is 4.57 Å². The number of benzene rings is 6. The van der Waals surface area contributed by atoms with Gasteiger partial charge in [0, 0.05) is 45.8 Å². The third kappa shape index (κ3) is 3.65. The molecule has 0 saturated carbocycles. The topological polar surface area (TPSA) is 8.17 Å². The van der Waals surface area contributed by atoms with Crippen molar-refractivity contribution in [3.63, 3.8) is 0 Å². The van der Waals surface area contributed by atoms with Crippen molar-refractivity contribution in [2.24, 2.45) is 7.05 Å². The van der Waals surface area contributed by atoms with E-state index in [4.69, 9.17) is 0 Å². The Morgan fingerprint density at radius 2 is 1.14 bits per heavy atom. The second kappa shape index (κ2) is 9.22. The number of hydrogen-bond donors (Lipinski definition) is 0. The number of nitrogens with zero attached hydrogens (tertiary/aromatic N) is 2. The van der Waals surface area contributed by atoms with E-state index in [-0.39, 0.29) is 5.41 Å². The average molecular weight is 541 g/mol. The summed E-state index contributed by atoms with van der Waals surface area (Å²) in [5.74, 6) is 0.